The number of nitrogens with one attached hydrogen (secondary N) is 3. The Morgan fingerprint density at radius 3 is 2.38 bits per heavy atom. The normalized spacial score (nSPS) is 14.4. The number of aryl methyl sites for hydroxylation is 1. The van der Waals surface area contributed by atoms with Crippen molar-refractivity contribution in [3.8, 4) is 0 Å². The predicted molar refractivity (Wildman–Crippen MR) is 156 cm³/mol. The molecule has 208 valence electrons. The maximum Gasteiger partial charge on any atom is 0.267 e. The molecular weight excluding hydrogens is 494 g/mol. The van der Waals surface area contributed by atoms with Crippen molar-refractivity contribution >= 4 is 34.9 Å². The third-order valence-electron chi connectivity index (χ3n) is 6.43. The molecule has 11 heteroatoms. The number of rotatable bonds is 7. The molecule has 0 radical (unpaired) electrons. The highest BCUT2D eigenvalue weighted by Gasteiger charge is 2.20. The molecule has 4 rings (SSSR count). The van der Waals surface area contributed by atoms with Crippen LogP contribution in [0.25, 0.3) is 0 Å². The van der Waals surface area contributed by atoms with Gasteiger partial charge in [0.05, 0.1) is 5.54 Å². The Kier molecular flexibility index (Phi) is 8.19. The second-order valence-electron chi connectivity index (χ2n) is 11.3. The zero-order valence-corrected chi connectivity index (χ0v) is 23.9. The molecule has 0 atom stereocenters. The Labute approximate surface area is 229 Å². The second-order valence-corrected chi connectivity index (χ2v) is 11.3. The second kappa shape index (κ2) is 11.4. The minimum absolute atomic E-state index is 0.0640. The van der Waals surface area contributed by atoms with Gasteiger partial charge in [0, 0.05) is 55.9 Å². The van der Waals surface area contributed by atoms with E-state index < -0.39 is 5.54 Å². The van der Waals surface area contributed by atoms with Gasteiger partial charge >= 0.3 is 0 Å². The molecule has 1 saturated heterocycles. The van der Waals surface area contributed by atoms with Crippen LogP contribution in [0.2, 0.25) is 0 Å². The van der Waals surface area contributed by atoms with E-state index in [1.807, 2.05) is 40.7 Å². The predicted octanol–water partition coefficient (Wildman–Crippen LogP) is 3.47. The van der Waals surface area contributed by atoms with E-state index in [0.717, 1.165) is 37.4 Å². The van der Waals surface area contributed by atoms with E-state index in [0.29, 0.717) is 11.8 Å². The van der Waals surface area contributed by atoms with Crippen LogP contribution in [0.1, 0.15) is 50.5 Å². The lowest BCUT2D eigenvalue weighted by Crippen LogP contribution is -2.44. The minimum atomic E-state index is -0.515. The fourth-order valence-corrected chi connectivity index (χ4v) is 4.39. The molecule has 1 aliphatic rings. The van der Waals surface area contributed by atoms with E-state index >= 15 is 0 Å². The molecular formula is C28H39N9O2. The van der Waals surface area contributed by atoms with Crippen LogP contribution in [0.5, 0.6) is 0 Å². The van der Waals surface area contributed by atoms with E-state index in [-0.39, 0.29) is 28.9 Å². The summed E-state index contributed by atoms with van der Waals surface area (Å²) in [5.41, 5.74) is 2.76. The molecule has 0 bridgehead atoms. The first-order valence-electron chi connectivity index (χ1n) is 13.3. The standard InChI is InChI=1S/C28H39N9O2/c1-18(2)30-26(39)21-17-29-27(33-25(21)32-23-10-11-24(38)37(34-23)28(4,5)6)31-20-8-9-22(19(3)16-20)36-14-12-35(7)13-15-36/h8-11,16-18H,12-15H2,1-7H3,(H,30,39)(H2,29,31,32,33,34). The van der Waals surface area contributed by atoms with Crippen LogP contribution in [0, 0.1) is 6.92 Å². The Hall–Kier alpha value is -3.99. The van der Waals surface area contributed by atoms with Crippen molar-refractivity contribution in [3.05, 3.63) is 58.0 Å². The summed E-state index contributed by atoms with van der Waals surface area (Å²) in [5, 5.41) is 13.7. The molecule has 39 heavy (non-hydrogen) atoms. The maximum absolute atomic E-state index is 12.9. The quantitative estimate of drug-likeness (QED) is 0.419. The van der Waals surface area contributed by atoms with Crippen molar-refractivity contribution in [2.45, 2.75) is 53.1 Å². The van der Waals surface area contributed by atoms with E-state index in [2.05, 4.69) is 66.9 Å². The number of aromatic nitrogens is 4. The maximum atomic E-state index is 12.9. The lowest BCUT2D eigenvalue weighted by Gasteiger charge is -2.35. The van der Waals surface area contributed by atoms with Gasteiger partial charge in [0.2, 0.25) is 5.95 Å². The first-order valence-corrected chi connectivity index (χ1v) is 13.3. The van der Waals surface area contributed by atoms with Crippen molar-refractivity contribution < 1.29 is 4.79 Å². The molecule has 1 amide bonds. The fraction of sp³-hybridized carbons (Fsp3) is 0.464. The van der Waals surface area contributed by atoms with Gasteiger partial charge in [-0.25, -0.2) is 9.67 Å². The smallest absolute Gasteiger partial charge is 0.267 e. The molecule has 0 unspecified atom stereocenters. The average Bonchev–Trinajstić information content (AvgIpc) is 2.85. The van der Waals surface area contributed by atoms with E-state index in [1.54, 1.807) is 6.07 Å². The van der Waals surface area contributed by atoms with E-state index in [4.69, 9.17) is 0 Å². The first kappa shape index (κ1) is 28.0. The Morgan fingerprint density at radius 2 is 1.74 bits per heavy atom. The third kappa shape index (κ3) is 6.91. The topological polar surface area (TPSA) is 120 Å². The summed E-state index contributed by atoms with van der Waals surface area (Å²) in [4.78, 5) is 39.1. The van der Waals surface area contributed by atoms with Crippen molar-refractivity contribution in [2.24, 2.45) is 0 Å². The molecule has 11 nitrogen and oxygen atoms in total. The number of hydrogen-bond donors (Lipinski definition) is 3. The summed E-state index contributed by atoms with van der Waals surface area (Å²) in [7, 11) is 2.15. The van der Waals surface area contributed by atoms with Gasteiger partial charge in [-0.3, -0.25) is 9.59 Å². The lowest BCUT2D eigenvalue weighted by atomic mass is 10.1. The number of carbonyl (C=O) groups excluding carboxylic acids is 1. The molecule has 1 fully saturated rings. The summed E-state index contributed by atoms with van der Waals surface area (Å²) in [5.74, 6) is 0.688. The number of piperazine rings is 1. The Morgan fingerprint density at radius 1 is 1.03 bits per heavy atom. The van der Waals surface area contributed by atoms with Crippen molar-refractivity contribution in [1.82, 2.24) is 30.0 Å². The van der Waals surface area contributed by atoms with Crippen molar-refractivity contribution in [1.29, 1.82) is 0 Å². The molecule has 1 aromatic carbocycles. The number of nitrogens with zero attached hydrogens (tertiary/aromatic N) is 6. The number of amides is 1. The van der Waals surface area contributed by atoms with E-state index in [1.165, 1.54) is 22.6 Å². The highest BCUT2D eigenvalue weighted by Crippen LogP contribution is 2.27. The van der Waals surface area contributed by atoms with Crippen LogP contribution in [0.3, 0.4) is 0 Å². The summed E-state index contributed by atoms with van der Waals surface area (Å²) in [6, 6.07) is 9.16. The van der Waals surface area contributed by atoms with Crippen LogP contribution < -0.4 is 26.4 Å². The molecule has 1 aliphatic heterocycles. The summed E-state index contributed by atoms with van der Waals surface area (Å²) >= 11 is 0. The number of carbonyl (C=O) groups is 1. The highest BCUT2D eigenvalue weighted by atomic mass is 16.2. The summed E-state index contributed by atoms with van der Waals surface area (Å²) in [6.07, 6.45) is 1.49. The monoisotopic (exact) mass is 533 g/mol. The van der Waals surface area contributed by atoms with Gasteiger partial charge < -0.3 is 25.8 Å². The Bertz CT molecular complexity index is 1390. The molecule has 3 heterocycles. The zero-order chi connectivity index (χ0) is 28.3. The van der Waals surface area contributed by atoms with Gasteiger partial charge in [-0.05, 0) is 78.4 Å². The molecule has 3 N–H and O–H groups in total. The minimum Gasteiger partial charge on any atom is -0.369 e. The first-order chi connectivity index (χ1) is 18.4. The molecule has 0 spiro atoms. The number of benzene rings is 1. The SMILES string of the molecule is Cc1cc(Nc2ncc(C(=O)NC(C)C)c(Nc3ccc(=O)n(C(C)(C)C)n3)n2)ccc1N1CCN(C)CC1. The number of likely N-dealkylation sites (N-methyl/N-ethyl adjacent to an activating group) is 1. The van der Waals surface area contributed by atoms with Crippen LogP contribution >= 0.6 is 0 Å². The van der Waals surface area contributed by atoms with Crippen LogP contribution in [-0.2, 0) is 5.54 Å². The van der Waals surface area contributed by atoms with Crippen LogP contribution in [0.15, 0.2) is 41.3 Å². The average molecular weight is 534 g/mol. The molecule has 0 saturated carbocycles. The number of anilines is 5. The van der Waals surface area contributed by atoms with Crippen molar-refractivity contribution in [2.75, 3.05) is 48.8 Å². The van der Waals surface area contributed by atoms with Gasteiger partial charge in [-0.1, -0.05) is 0 Å². The molecule has 3 aromatic rings. The van der Waals surface area contributed by atoms with Gasteiger partial charge in [0.25, 0.3) is 11.5 Å². The van der Waals surface area contributed by atoms with Gasteiger partial charge in [-0.2, -0.15) is 10.1 Å². The van der Waals surface area contributed by atoms with Gasteiger partial charge in [0.1, 0.15) is 11.4 Å². The van der Waals surface area contributed by atoms with E-state index in [9.17, 15) is 9.59 Å². The van der Waals surface area contributed by atoms with Crippen LogP contribution in [0.4, 0.5) is 29.0 Å². The Balaban J connectivity index is 1.62. The van der Waals surface area contributed by atoms with Gasteiger partial charge in [-0.15, -0.1) is 0 Å². The molecule has 2 aromatic heterocycles. The largest absolute Gasteiger partial charge is 0.369 e. The molecule has 0 aliphatic carbocycles. The highest BCUT2D eigenvalue weighted by molar-refractivity contribution is 5.99. The third-order valence-corrected chi connectivity index (χ3v) is 6.43. The summed E-state index contributed by atoms with van der Waals surface area (Å²) in [6.45, 7) is 15.7. The van der Waals surface area contributed by atoms with Crippen LogP contribution in [-0.4, -0.2) is 69.8 Å². The van der Waals surface area contributed by atoms with Crippen molar-refractivity contribution in [3.63, 3.8) is 0 Å². The fourth-order valence-electron chi connectivity index (χ4n) is 4.39. The number of hydrogen-bond acceptors (Lipinski definition) is 9. The lowest BCUT2D eigenvalue weighted by molar-refractivity contribution is 0.0943. The zero-order valence-electron chi connectivity index (χ0n) is 23.9. The van der Waals surface area contributed by atoms with Gasteiger partial charge in [0.15, 0.2) is 5.82 Å². The summed E-state index contributed by atoms with van der Waals surface area (Å²) < 4.78 is 1.40.